The Kier molecular flexibility index (Phi) is 4.42. The summed E-state index contributed by atoms with van der Waals surface area (Å²) in [6, 6.07) is 4.37. The second-order valence-corrected chi connectivity index (χ2v) is 4.38. The molecule has 0 saturated carbocycles. The topological polar surface area (TPSA) is 64.0 Å². The van der Waals surface area contributed by atoms with Crippen LogP contribution in [-0.2, 0) is 17.8 Å². The molecule has 5 nitrogen and oxygen atoms in total. The molecule has 0 fully saturated rings. The average Bonchev–Trinajstić information content (AvgIpc) is 2.45. The number of aryl methyl sites for hydroxylation is 1. The second-order valence-electron chi connectivity index (χ2n) is 4.38. The molecule has 1 N–H and O–H groups in total. The van der Waals surface area contributed by atoms with Crippen LogP contribution in [0.2, 0.25) is 0 Å². The van der Waals surface area contributed by atoms with Crippen LogP contribution in [0.25, 0.3) is 0 Å². The molecule has 7 heteroatoms. The highest BCUT2D eigenvalue weighted by Gasteiger charge is 2.08. The van der Waals surface area contributed by atoms with Gasteiger partial charge in [-0.2, -0.15) is 0 Å². The van der Waals surface area contributed by atoms with Gasteiger partial charge in [-0.1, -0.05) is 6.92 Å². The lowest BCUT2D eigenvalue weighted by atomic mass is 10.3. The lowest BCUT2D eigenvalue weighted by Gasteiger charge is -2.07. The van der Waals surface area contributed by atoms with E-state index in [2.05, 4.69) is 10.3 Å². The van der Waals surface area contributed by atoms with E-state index >= 15 is 0 Å². The van der Waals surface area contributed by atoms with Crippen molar-refractivity contribution in [1.82, 2.24) is 9.55 Å². The van der Waals surface area contributed by atoms with E-state index in [1.54, 1.807) is 0 Å². The fourth-order valence-corrected chi connectivity index (χ4v) is 1.70. The highest BCUT2D eigenvalue weighted by molar-refractivity contribution is 5.90. The van der Waals surface area contributed by atoms with Gasteiger partial charge in [-0.15, -0.1) is 0 Å². The van der Waals surface area contributed by atoms with E-state index in [1.165, 1.54) is 18.5 Å². The zero-order valence-corrected chi connectivity index (χ0v) is 11.3. The molecule has 0 aliphatic heterocycles. The molecule has 1 amide bonds. The number of hydrogen-bond donors (Lipinski definition) is 1. The summed E-state index contributed by atoms with van der Waals surface area (Å²) in [7, 11) is 0. The molecule has 1 aromatic carbocycles. The van der Waals surface area contributed by atoms with Crippen molar-refractivity contribution >= 4 is 11.6 Å². The van der Waals surface area contributed by atoms with Crippen LogP contribution in [0.15, 0.2) is 35.4 Å². The first-order valence-corrected chi connectivity index (χ1v) is 6.30. The number of aromatic nitrogens is 2. The van der Waals surface area contributed by atoms with Crippen molar-refractivity contribution in [2.75, 3.05) is 5.32 Å². The van der Waals surface area contributed by atoms with Crippen LogP contribution in [0.1, 0.15) is 12.6 Å². The van der Waals surface area contributed by atoms with Crippen LogP contribution in [0.5, 0.6) is 0 Å². The number of anilines is 1. The summed E-state index contributed by atoms with van der Waals surface area (Å²) < 4.78 is 26.9. The number of carbonyl (C=O) groups excluding carboxylic acids is 1. The Morgan fingerprint density at radius 3 is 2.67 bits per heavy atom. The maximum absolute atomic E-state index is 13.0. The molecule has 0 aliphatic rings. The molecule has 1 heterocycles. The Bertz CT molecular complexity index is 728. The number of nitrogens with zero attached hydrogens (tertiary/aromatic N) is 2. The van der Waals surface area contributed by atoms with Crippen molar-refractivity contribution in [3.8, 4) is 0 Å². The van der Waals surface area contributed by atoms with Gasteiger partial charge in [0.1, 0.15) is 6.54 Å². The van der Waals surface area contributed by atoms with E-state index in [-0.39, 0.29) is 17.8 Å². The molecule has 0 radical (unpaired) electrons. The lowest BCUT2D eigenvalue weighted by Crippen LogP contribution is -2.27. The van der Waals surface area contributed by atoms with E-state index in [0.717, 1.165) is 16.7 Å². The summed E-state index contributed by atoms with van der Waals surface area (Å²) in [6.45, 7) is 1.61. The van der Waals surface area contributed by atoms with Crippen molar-refractivity contribution in [1.29, 1.82) is 0 Å². The maximum atomic E-state index is 13.0. The molecular formula is C14H13F2N3O2. The quantitative estimate of drug-likeness (QED) is 0.933. The van der Waals surface area contributed by atoms with Gasteiger partial charge < -0.3 is 5.32 Å². The standard InChI is InChI=1S/C14H13F2N3O2/c1-2-9-6-14(21)19(8-17-9)7-13(20)18-10-3-4-11(15)12(16)5-10/h3-6,8H,2,7H2,1H3,(H,18,20). The molecule has 0 unspecified atom stereocenters. The smallest absolute Gasteiger partial charge is 0.253 e. The minimum absolute atomic E-state index is 0.116. The lowest BCUT2D eigenvalue weighted by molar-refractivity contribution is -0.116. The van der Waals surface area contributed by atoms with Gasteiger partial charge in [-0.3, -0.25) is 14.2 Å². The van der Waals surface area contributed by atoms with E-state index in [1.807, 2.05) is 6.92 Å². The van der Waals surface area contributed by atoms with Gasteiger partial charge >= 0.3 is 0 Å². The predicted molar refractivity (Wildman–Crippen MR) is 72.9 cm³/mol. The van der Waals surface area contributed by atoms with E-state index < -0.39 is 17.5 Å². The van der Waals surface area contributed by atoms with Crippen molar-refractivity contribution < 1.29 is 13.6 Å². The summed E-state index contributed by atoms with van der Waals surface area (Å²) in [6.07, 6.45) is 1.91. The summed E-state index contributed by atoms with van der Waals surface area (Å²) in [4.78, 5) is 27.5. The molecule has 1 aromatic heterocycles. The third-order valence-electron chi connectivity index (χ3n) is 2.82. The van der Waals surface area contributed by atoms with Crippen LogP contribution in [0, 0.1) is 11.6 Å². The van der Waals surface area contributed by atoms with Gasteiger partial charge in [0.05, 0.1) is 6.33 Å². The molecule has 0 aliphatic carbocycles. The Hall–Kier alpha value is -2.57. The first kappa shape index (κ1) is 14.8. The summed E-state index contributed by atoms with van der Waals surface area (Å²) in [5.41, 5.74) is 0.407. The van der Waals surface area contributed by atoms with E-state index in [9.17, 15) is 18.4 Å². The number of carbonyl (C=O) groups is 1. The maximum Gasteiger partial charge on any atom is 0.253 e. The third-order valence-corrected chi connectivity index (χ3v) is 2.82. The van der Waals surface area contributed by atoms with Gasteiger partial charge in [0.25, 0.3) is 5.56 Å². The molecular weight excluding hydrogens is 280 g/mol. The number of nitrogens with one attached hydrogen (secondary N) is 1. The second kappa shape index (κ2) is 6.25. The summed E-state index contributed by atoms with van der Waals surface area (Å²) in [5.74, 6) is -2.59. The van der Waals surface area contributed by atoms with Crippen LogP contribution in [-0.4, -0.2) is 15.5 Å². The minimum Gasteiger partial charge on any atom is -0.324 e. The van der Waals surface area contributed by atoms with Gasteiger partial charge in [-0.25, -0.2) is 13.8 Å². The molecule has 0 spiro atoms. The zero-order chi connectivity index (χ0) is 15.4. The van der Waals surface area contributed by atoms with E-state index in [0.29, 0.717) is 12.1 Å². The largest absolute Gasteiger partial charge is 0.324 e. The first-order chi connectivity index (χ1) is 9.99. The monoisotopic (exact) mass is 293 g/mol. The van der Waals surface area contributed by atoms with Crippen molar-refractivity contribution in [3.05, 3.63) is 58.3 Å². The summed E-state index contributed by atoms with van der Waals surface area (Å²) >= 11 is 0. The molecule has 0 saturated heterocycles. The molecule has 21 heavy (non-hydrogen) atoms. The predicted octanol–water partition coefficient (Wildman–Crippen LogP) is 1.72. The normalized spacial score (nSPS) is 10.4. The number of halogens is 2. The number of benzene rings is 1. The molecule has 0 bridgehead atoms. The number of rotatable bonds is 4. The van der Waals surface area contributed by atoms with Crippen LogP contribution < -0.4 is 10.9 Å². The highest BCUT2D eigenvalue weighted by Crippen LogP contribution is 2.12. The van der Waals surface area contributed by atoms with Gasteiger partial charge in [0.15, 0.2) is 11.6 Å². The first-order valence-electron chi connectivity index (χ1n) is 6.30. The fourth-order valence-electron chi connectivity index (χ4n) is 1.70. The molecule has 2 aromatic rings. The third kappa shape index (κ3) is 3.71. The summed E-state index contributed by atoms with van der Waals surface area (Å²) in [5, 5.41) is 2.38. The molecule has 2 rings (SSSR count). The van der Waals surface area contributed by atoms with Gasteiger partial charge in [0.2, 0.25) is 5.91 Å². The Labute approximate surface area is 119 Å². The average molecular weight is 293 g/mol. The van der Waals surface area contributed by atoms with Crippen molar-refractivity contribution in [2.45, 2.75) is 19.9 Å². The Morgan fingerprint density at radius 1 is 1.29 bits per heavy atom. The fraction of sp³-hybridized carbons (Fsp3) is 0.214. The highest BCUT2D eigenvalue weighted by atomic mass is 19.2. The van der Waals surface area contributed by atoms with Crippen LogP contribution >= 0.6 is 0 Å². The van der Waals surface area contributed by atoms with Gasteiger partial charge in [0, 0.05) is 23.5 Å². The van der Waals surface area contributed by atoms with Gasteiger partial charge in [-0.05, 0) is 18.6 Å². The SMILES string of the molecule is CCc1cc(=O)n(CC(=O)Nc2ccc(F)c(F)c2)cn1. The molecule has 0 atom stereocenters. The van der Waals surface area contributed by atoms with Crippen LogP contribution in [0.4, 0.5) is 14.5 Å². The Balaban J connectivity index is 2.08. The minimum atomic E-state index is -1.06. The number of hydrogen-bond acceptors (Lipinski definition) is 3. The van der Waals surface area contributed by atoms with Crippen molar-refractivity contribution in [2.24, 2.45) is 0 Å². The number of amides is 1. The van der Waals surface area contributed by atoms with E-state index in [4.69, 9.17) is 0 Å². The zero-order valence-electron chi connectivity index (χ0n) is 11.3. The Morgan fingerprint density at radius 2 is 2.05 bits per heavy atom. The van der Waals surface area contributed by atoms with Crippen molar-refractivity contribution in [3.63, 3.8) is 0 Å². The van der Waals surface area contributed by atoms with Crippen LogP contribution in [0.3, 0.4) is 0 Å². The molecule has 110 valence electrons.